The molecule has 0 aromatic heterocycles. The molecule has 2 aromatic carbocycles. The standard InChI is InChI=1S/C24H31ClN2O3/c1-5-13-26-24(29)18(4)27(15-19-9-8-10-20(25)14-19)23(28)16-30-22-12-7-6-11-21(22)17(2)3/h6-12,14,17-18H,5,13,15-16H2,1-4H3,(H,26,29)/t18-/m0/s1. The zero-order valence-corrected chi connectivity index (χ0v) is 18.9. The van der Waals surface area contributed by atoms with Crippen molar-refractivity contribution in [3.63, 3.8) is 0 Å². The Morgan fingerprint density at radius 1 is 1.10 bits per heavy atom. The Morgan fingerprint density at radius 2 is 1.83 bits per heavy atom. The van der Waals surface area contributed by atoms with E-state index in [0.29, 0.717) is 17.3 Å². The average Bonchev–Trinajstić information content (AvgIpc) is 2.73. The highest BCUT2D eigenvalue weighted by molar-refractivity contribution is 6.30. The van der Waals surface area contributed by atoms with Crippen molar-refractivity contribution >= 4 is 23.4 Å². The van der Waals surface area contributed by atoms with Crippen molar-refractivity contribution in [3.05, 3.63) is 64.7 Å². The monoisotopic (exact) mass is 430 g/mol. The zero-order valence-electron chi connectivity index (χ0n) is 18.2. The first-order chi connectivity index (χ1) is 14.3. The summed E-state index contributed by atoms with van der Waals surface area (Å²) >= 11 is 6.10. The fraction of sp³-hybridized carbons (Fsp3) is 0.417. The van der Waals surface area contributed by atoms with Crippen LogP contribution in [0.1, 0.15) is 51.2 Å². The SMILES string of the molecule is CCCNC(=O)[C@H](C)N(Cc1cccc(Cl)c1)C(=O)COc1ccccc1C(C)C. The minimum Gasteiger partial charge on any atom is -0.483 e. The lowest BCUT2D eigenvalue weighted by Gasteiger charge is -2.29. The predicted octanol–water partition coefficient (Wildman–Crippen LogP) is 4.79. The second-order valence-corrected chi connectivity index (χ2v) is 8.04. The Hall–Kier alpha value is -2.53. The fourth-order valence-corrected chi connectivity index (χ4v) is 3.33. The zero-order chi connectivity index (χ0) is 22.1. The average molecular weight is 431 g/mol. The van der Waals surface area contributed by atoms with Crippen LogP contribution in [0.3, 0.4) is 0 Å². The maximum atomic E-state index is 13.1. The van der Waals surface area contributed by atoms with Crippen molar-refractivity contribution in [2.24, 2.45) is 0 Å². The molecule has 2 amide bonds. The molecule has 0 fully saturated rings. The molecule has 162 valence electrons. The molecule has 0 unspecified atom stereocenters. The first-order valence-corrected chi connectivity index (χ1v) is 10.7. The molecule has 6 heteroatoms. The van der Waals surface area contributed by atoms with Crippen molar-refractivity contribution in [2.75, 3.05) is 13.2 Å². The van der Waals surface area contributed by atoms with Crippen LogP contribution in [0.15, 0.2) is 48.5 Å². The second-order valence-electron chi connectivity index (χ2n) is 7.60. The first-order valence-electron chi connectivity index (χ1n) is 10.4. The smallest absolute Gasteiger partial charge is 0.261 e. The number of benzene rings is 2. The van der Waals surface area contributed by atoms with Gasteiger partial charge in [-0.1, -0.05) is 62.7 Å². The summed E-state index contributed by atoms with van der Waals surface area (Å²) in [5.41, 5.74) is 1.90. The van der Waals surface area contributed by atoms with Gasteiger partial charge in [0.2, 0.25) is 5.91 Å². The fourth-order valence-electron chi connectivity index (χ4n) is 3.12. The number of rotatable bonds is 10. The van der Waals surface area contributed by atoms with Crippen molar-refractivity contribution in [1.29, 1.82) is 0 Å². The number of amides is 2. The molecule has 0 aliphatic rings. The van der Waals surface area contributed by atoms with E-state index in [9.17, 15) is 9.59 Å². The molecule has 0 aliphatic carbocycles. The topological polar surface area (TPSA) is 58.6 Å². The third kappa shape index (κ3) is 6.77. The van der Waals surface area contributed by atoms with Crippen molar-refractivity contribution in [3.8, 4) is 5.75 Å². The van der Waals surface area contributed by atoms with Gasteiger partial charge >= 0.3 is 0 Å². The number of carbonyl (C=O) groups excluding carboxylic acids is 2. The molecule has 0 heterocycles. The van der Waals surface area contributed by atoms with E-state index in [4.69, 9.17) is 16.3 Å². The molecule has 0 saturated carbocycles. The molecular formula is C24H31ClN2O3. The molecule has 0 bridgehead atoms. The van der Waals surface area contributed by atoms with Gasteiger partial charge in [-0.15, -0.1) is 0 Å². The first kappa shape index (κ1) is 23.7. The summed E-state index contributed by atoms with van der Waals surface area (Å²) in [6.45, 7) is 8.58. The Labute approximate surface area is 184 Å². The van der Waals surface area contributed by atoms with Gasteiger partial charge < -0.3 is 15.0 Å². The van der Waals surface area contributed by atoms with Gasteiger partial charge in [0.05, 0.1) is 0 Å². The van der Waals surface area contributed by atoms with E-state index in [1.807, 2.05) is 43.3 Å². The van der Waals surface area contributed by atoms with Crippen LogP contribution < -0.4 is 10.1 Å². The van der Waals surface area contributed by atoms with Gasteiger partial charge in [-0.3, -0.25) is 9.59 Å². The minimum atomic E-state index is -0.632. The number of nitrogens with zero attached hydrogens (tertiary/aromatic N) is 1. The van der Waals surface area contributed by atoms with Crippen LogP contribution in [-0.4, -0.2) is 35.9 Å². The molecule has 0 saturated heterocycles. The lowest BCUT2D eigenvalue weighted by atomic mass is 10.0. The van der Waals surface area contributed by atoms with E-state index in [0.717, 1.165) is 17.5 Å². The van der Waals surface area contributed by atoms with Crippen molar-refractivity contribution in [2.45, 2.75) is 52.6 Å². The van der Waals surface area contributed by atoms with Crippen LogP contribution in [0.2, 0.25) is 5.02 Å². The summed E-state index contributed by atoms with van der Waals surface area (Å²) in [6.07, 6.45) is 0.829. The molecule has 0 radical (unpaired) electrons. The van der Waals surface area contributed by atoms with Crippen molar-refractivity contribution in [1.82, 2.24) is 10.2 Å². The summed E-state index contributed by atoms with van der Waals surface area (Å²) in [6, 6.07) is 14.4. The Morgan fingerprint density at radius 3 is 2.50 bits per heavy atom. The Kier molecular flexibility index (Phi) is 9.18. The largest absolute Gasteiger partial charge is 0.483 e. The van der Waals surface area contributed by atoms with Crippen molar-refractivity contribution < 1.29 is 14.3 Å². The van der Waals surface area contributed by atoms with E-state index in [2.05, 4.69) is 19.2 Å². The molecule has 1 N–H and O–H groups in total. The van der Waals surface area contributed by atoms with Crippen LogP contribution >= 0.6 is 11.6 Å². The number of nitrogens with one attached hydrogen (secondary N) is 1. The molecule has 1 atom stereocenters. The van der Waals surface area contributed by atoms with Crippen LogP contribution in [0.4, 0.5) is 0 Å². The lowest BCUT2D eigenvalue weighted by Crippen LogP contribution is -2.49. The summed E-state index contributed by atoms with van der Waals surface area (Å²) in [5.74, 6) is 0.520. The van der Waals surface area contributed by atoms with E-state index in [1.165, 1.54) is 4.90 Å². The highest BCUT2D eigenvalue weighted by atomic mass is 35.5. The Balaban J connectivity index is 2.18. The normalized spacial score (nSPS) is 11.8. The quantitative estimate of drug-likeness (QED) is 0.589. The van der Waals surface area contributed by atoms with Crippen LogP contribution in [0.25, 0.3) is 0 Å². The molecule has 2 aromatic rings. The van der Waals surface area contributed by atoms with E-state index in [1.54, 1.807) is 19.1 Å². The molecule has 2 rings (SSSR count). The maximum Gasteiger partial charge on any atom is 0.261 e. The van der Waals surface area contributed by atoms with Crippen LogP contribution in [0.5, 0.6) is 5.75 Å². The molecule has 0 aliphatic heterocycles. The third-order valence-electron chi connectivity index (χ3n) is 4.85. The van der Waals surface area contributed by atoms with E-state index < -0.39 is 6.04 Å². The van der Waals surface area contributed by atoms with E-state index >= 15 is 0 Å². The number of para-hydroxylation sites is 1. The summed E-state index contributed by atoms with van der Waals surface area (Å²) in [7, 11) is 0. The molecule has 30 heavy (non-hydrogen) atoms. The van der Waals surface area contributed by atoms with Gasteiger partial charge in [-0.25, -0.2) is 0 Å². The third-order valence-corrected chi connectivity index (χ3v) is 5.09. The van der Waals surface area contributed by atoms with Crippen LogP contribution in [-0.2, 0) is 16.1 Å². The Bertz CT molecular complexity index is 854. The molecule has 5 nitrogen and oxygen atoms in total. The van der Waals surface area contributed by atoms with Gasteiger partial charge in [-0.2, -0.15) is 0 Å². The number of hydrogen-bond donors (Lipinski definition) is 1. The van der Waals surface area contributed by atoms with Gasteiger partial charge in [0.25, 0.3) is 5.91 Å². The summed E-state index contributed by atoms with van der Waals surface area (Å²) in [5, 5.41) is 3.45. The number of carbonyl (C=O) groups is 2. The number of hydrogen-bond acceptors (Lipinski definition) is 3. The van der Waals surface area contributed by atoms with Gasteiger partial charge in [-0.05, 0) is 48.6 Å². The van der Waals surface area contributed by atoms with E-state index in [-0.39, 0.29) is 30.9 Å². The van der Waals surface area contributed by atoms with Crippen LogP contribution in [0, 0.1) is 0 Å². The summed E-state index contributed by atoms with van der Waals surface area (Å²) in [4.78, 5) is 27.2. The highest BCUT2D eigenvalue weighted by Crippen LogP contribution is 2.26. The van der Waals surface area contributed by atoms with Gasteiger partial charge in [0, 0.05) is 18.1 Å². The van der Waals surface area contributed by atoms with Gasteiger partial charge in [0.15, 0.2) is 6.61 Å². The summed E-state index contributed by atoms with van der Waals surface area (Å²) < 4.78 is 5.86. The van der Waals surface area contributed by atoms with Gasteiger partial charge in [0.1, 0.15) is 11.8 Å². The molecule has 0 spiro atoms. The maximum absolute atomic E-state index is 13.1. The predicted molar refractivity (Wildman–Crippen MR) is 121 cm³/mol. The number of ether oxygens (including phenoxy) is 1. The minimum absolute atomic E-state index is 0.143. The number of halogens is 1. The second kappa shape index (κ2) is 11.6. The molecular weight excluding hydrogens is 400 g/mol. The lowest BCUT2D eigenvalue weighted by molar-refractivity contribution is -0.142. The highest BCUT2D eigenvalue weighted by Gasteiger charge is 2.26.